The van der Waals surface area contributed by atoms with E-state index in [4.69, 9.17) is 9.47 Å². The van der Waals surface area contributed by atoms with Gasteiger partial charge in [0.15, 0.2) is 6.04 Å². The Morgan fingerprint density at radius 3 is 2.26 bits per heavy atom. The van der Waals surface area contributed by atoms with E-state index in [1.807, 2.05) is 4.90 Å². The van der Waals surface area contributed by atoms with Crippen molar-refractivity contribution >= 4 is 17.8 Å². The first-order valence-electron chi connectivity index (χ1n) is 7.48. The molecule has 2 aliphatic rings. The minimum absolute atomic E-state index is 0.251. The number of esters is 1. The van der Waals surface area contributed by atoms with Gasteiger partial charge in [0.2, 0.25) is 0 Å². The zero-order valence-electron chi connectivity index (χ0n) is 12.9. The van der Waals surface area contributed by atoms with Gasteiger partial charge in [-0.1, -0.05) is 12.1 Å². The molecule has 1 unspecified atom stereocenters. The Bertz CT molecular complexity index is 604. The number of hydrogen-bond acceptors (Lipinski definition) is 6. The summed E-state index contributed by atoms with van der Waals surface area (Å²) in [5, 5.41) is 0. The number of rotatable bonds is 4. The average molecular weight is 318 g/mol. The zero-order valence-corrected chi connectivity index (χ0v) is 12.9. The number of imide groups is 1. The van der Waals surface area contributed by atoms with Crippen molar-refractivity contribution in [3.63, 3.8) is 0 Å². The molecule has 7 nitrogen and oxygen atoms in total. The second-order valence-corrected chi connectivity index (χ2v) is 5.48. The molecule has 3 rings (SSSR count). The minimum Gasteiger partial charge on any atom is -0.467 e. The Labute approximate surface area is 133 Å². The van der Waals surface area contributed by atoms with Gasteiger partial charge >= 0.3 is 5.97 Å². The third-order valence-electron chi connectivity index (χ3n) is 4.15. The van der Waals surface area contributed by atoms with Crippen LogP contribution < -0.4 is 0 Å². The Kier molecular flexibility index (Phi) is 4.40. The standard InChI is InChI=1S/C16H18N2O5/c1-22-16(21)13(10-17-6-8-23-9-7-17)18-14(19)11-4-2-3-5-12(11)15(18)20/h2-5,13H,6-10H2,1H3. The number of ether oxygens (including phenoxy) is 2. The number of benzene rings is 1. The van der Waals surface area contributed by atoms with Crippen molar-refractivity contribution in [3.05, 3.63) is 35.4 Å². The third-order valence-corrected chi connectivity index (χ3v) is 4.15. The highest BCUT2D eigenvalue weighted by atomic mass is 16.5. The lowest BCUT2D eigenvalue weighted by Gasteiger charge is -2.32. The fourth-order valence-electron chi connectivity index (χ4n) is 2.92. The number of morpholine rings is 1. The Hall–Kier alpha value is -2.25. The van der Waals surface area contributed by atoms with Gasteiger partial charge in [-0.3, -0.25) is 19.4 Å². The number of methoxy groups -OCH3 is 1. The molecule has 1 aromatic rings. The molecule has 0 radical (unpaired) electrons. The summed E-state index contributed by atoms with van der Waals surface area (Å²) in [4.78, 5) is 40.3. The molecule has 2 amide bonds. The van der Waals surface area contributed by atoms with E-state index >= 15 is 0 Å². The van der Waals surface area contributed by atoms with E-state index < -0.39 is 23.8 Å². The topological polar surface area (TPSA) is 76.2 Å². The quantitative estimate of drug-likeness (QED) is 0.581. The van der Waals surface area contributed by atoms with Crippen LogP contribution in [0.25, 0.3) is 0 Å². The van der Waals surface area contributed by atoms with Gasteiger partial charge in [0.25, 0.3) is 11.8 Å². The van der Waals surface area contributed by atoms with E-state index in [1.165, 1.54) is 7.11 Å². The highest BCUT2D eigenvalue weighted by molar-refractivity contribution is 6.22. The second kappa shape index (κ2) is 6.47. The summed E-state index contributed by atoms with van der Waals surface area (Å²) >= 11 is 0. The smallest absolute Gasteiger partial charge is 0.330 e. The molecular formula is C16H18N2O5. The number of nitrogens with zero attached hydrogens (tertiary/aromatic N) is 2. The van der Waals surface area contributed by atoms with Crippen molar-refractivity contribution in [3.8, 4) is 0 Å². The van der Waals surface area contributed by atoms with Gasteiger partial charge in [0.1, 0.15) is 0 Å². The van der Waals surface area contributed by atoms with Gasteiger partial charge < -0.3 is 9.47 Å². The Balaban J connectivity index is 1.87. The van der Waals surface area contributed by atoms with Crippen molar-refractivity contribution in [2.45, 2.75) is 6.04 Å². The van der Waals surface area contributed by atoms with E-state index in [-0.39, 0.29) is 6.54 Å². The summed E-state index contributed by atoms with van der Waals surface area (Å²) in [6.45, 7) is 2.68. The molecule has 122 valence electrons. The number of hydrogen-bond donors (Lipinski definition) is 0. The molecule has 1 aromatic carbocycles. The normalized spacial score (nSPS) is 19.6. The molecule has 0 saturated carbocycles. The summed E-state index contributed by atoms with van der Waals surface area (Å²) < 4.78 is 10.1. The van der Waals surface area contributed by atoms with Gasteiger partial charge in [-0.2, -0.15) is 0 Å². The van der Waals surface area contributed by atoms with Crippen LogP contribution in [0.5, 0.6) is 0 Å². The van der Waals surface area contributed by atoms with E-state index in [0.29, 0.717) is 37.4 Å². The van der Waals surface area contributed by atoms with Gasteiger partial charge in [-0.25, -0.2) is 4.79 Å². The molecule has 0 bridgehead atoms. The Morgan fingerprint density at radius 2 is 1.74 bits per heavy atom. The average Bonchev–Trinajstić information content (AvgIpc) is 2.85. The number of carbonyl (C=O) groups excluding carboxylic acids is 3. The van der Waals surface area contributed by atoms with E-state index in [0.717, 1.165) is 4.90 Å². The van der Waals surface area contributed by atoms with Crippen LogP contribution in [0.2, 0.25) is 0 Å². The molecule has 2 heterocycles. The van der Waals surface area contributed by atoms with Crippen LogP contribution in [-0.2, 0) is 14.3 Å². The molecule has 7 heteroatoms. The monoisotopic (exact) mass is 318 g/mol. The molecule has 2 aliphatic heterocycles. The maximum absolute atomic E-state index is 12.6. The van der Waals surface area contributed by atoms with E-state index in [2.05, 4.69) is 0 Å². The lowest BCUT2D eigenvalue weighted by molar-refractivity contribution is -0.146. The SMILES string of the molecule is COC(=O)C(CN1CCOCC1)N1C(=O)c2ccccc2C1=O. The summed E-state index contributed by atoms with van der Waals surface area (Å²) in [6, 6.07) is 5.63. The first kappa shape index (κ1) is 15.6. The molecule has 0 aliphatic carbocycles. The number of fused-ring (bicyclic) bond motifs is 1. The molecular weight excluding hydrogens is 300 g/mol. The van der Waals surface area contributed by atoms with Crippen LogP contribution in [0.15, 0.2) is 24.3 Å². The van der Waals surface area contributed by atoms with Crippen LogP contribution >= 0.6 is 0 Å². The predicted octanol–water partition coefficient (Wildman–Crippen LogP) is 0.156. The van der Waals surface area contributed by atoms with Crippen LogP contribution in [0.4, 0.5) is 0 Å². The Morgan fingerprint density at radius 1 is 1.17 bits per heavy atom. The highest BCUT2D eigenvalue weighted by Crippen LogP contribution is 2.25. The fourth-order valence-corrected chi connectivity index (χ4v) is 2.92. The maximum atomic E-state index is 12.6. The van der Waals surface area contributed by atoms with Crippen LogP contribution in [0.1, 0.15) is 20.7 Å². The second-order valence-electron chi connectivity index (χ2n) is 5.48. The van der Waals surface area contributed by atoms with E-state index in [9.17, 15) is 14.4 Å². The number of amides is 2. The van der Waals surface area contributed by atoms with Crippen LogP contribution in [0, 0.1) is 0 Å². The lowest BCUT2D eigenvalue weighted by atomic mass is 10.1. The molecule has 1 saturated heterocycles. The van der Waals surface area contributed by atoms with Crippen molar-refractivity contribution < 1.29 is 23.9 Å². The predicted molar refractivity (Wildman–Crippen MR) is 80.0 cm³/mol. The first-order chi connectivity index (χ1) is 11.1. The van der Waals surface area contributed by atoms with Gasteiger partial charge in [0.05, 0.1) is 31.5 Å². The molecule has 1 fully saturated rings. The highest BCUT2D eigenvalue weighted by Gasteiger charge is 2.43. The van der Waals surface area contributed by atoms with Crippen molar-refractivity contribution in [1.82, 2.24) is 9.80 Å². The summed E-state index contributed by atoms with van der Waals surface area (Å²) in [5.74, 6) is -1.49. The van der Waals surface area contributed by atoms with Gasteiger partial charge in [-0.05, 0) is 12.1 Å². The zero-order chi connectivity index (χ0) is 16.4. The van der Waals surface area contributed by atoms with Crippen LogP contribution in [0.3, 0.4) is 0 Å². The third kappa shape index (κ3) is 2.85. The summed E-state index contributed by atoms with van der Waals surface area (Å²) in [5.41, 5.74) is 0.654. The maximum Gasteiger partial charge on any atom is 0.330 e. The van der Waals surface area contributed by atoms with Crippen molar-refractivity contribution in [2.75, 3.05) is 40.0 Å². The number of carbonyl (C=O) groups is 3. The van der Waals surface area contributed by atoms with Crippen LogP contribution in [-0.4, -0.2) is 73.6 Å². The summed E-state index contributed by atoms with van der Waals surface area (Å²) in [6.07, 6.45) is 0. The summed E-state index contributed by atoms with van der Waals surface area (Å²) in [7, 11) is 1.26. The molecule has 0 spiro atoms. The van der Waals surface area contributed by atoms with E-state index in [1.54, 1.807) is 24.3 Å². The van der Waals surface area contributed by atoms with Gasteiger partial charge in [-0.15, -0.1) is 0 Å². The van der Waals surface area contributed by atoms with Gasteiger partial charge in [0, 0.05) is 19.6 Å². The minimum atomic E-state index is -0.953. The molecule has 23 heavy (non-hydrogen) atoms. The molecule has 0 aromatic heterocycles. The molecule has 0 N–H and O–H groups in total. The fraction of sp³-hybridized carbons (Fsp3) is 0.438. The van der Waals surface area contributed by atoms with Crippen molar-refractivity contribution in [1.29, 1.82) is 0 Å². The van der Waals surface area contributed by atoms with Crippen molar-refractivity contribution in [2.24, 2.45) is 0 Å². The first-order valence-corrected chi connectivity index (χ1v) is 7.48. The lowest BCUT2D eigenvalue weighted by Crippen LogP contribution is -2.53. The largest absolute Gasteiger partial charge is 0.467 e. The molecule has 1 atom stereocenters.